The molecule has 0 fully saturated rings. The maximum atomic E-state index is 14.0. The summed E-state index contributed by atoms with van der Waals surface area (Å²) in [4.78, 5) is 18.9. The number of aromatic nitrogens is 1. The second kappa shape index (κ2) is 9.50. The first-order chi connectivity index (χ1) is 21.2. The van der Waals surface area contributed by atoms with Gasteiger partial charge in [-0.3, -0.25) is 9.20 Å². The fourth-order valence-electron chi connectivity index (χ4n) is 6.39. The van der Waals surface area contributed by atoms with Crippen LogP contribution in [0.15, 0.2) is 144 Å². The summed E-state index contributed by atoms with van der Waals surface area (Å²) in [6.07, 6.45) is 0. The second-order valence-corrected chi connectivity index (χ2v) is 13.1. The molecule has 0 unspecified atom stereocenters. The molecular formula is C39H23NOS2. The van der Waals surface area contributed by atoms with E-state index in [0.29, 0.717) is 0 Å². The smallest absolute Gasteiger partial charge is 0.263 e. The minimum absolute atomic E-state index is 0.0357. The van der Waals surface area contributed by atoms with Crippen molar-refractivity contribution >= 4 is 60.6 Å². The van der Waals surface area contributed by atoms with Crippen LogP contribution in [0.3, 0.4) is 0 Å². The molecule has 0 radical (unpaired) electrons. The molecule has 0 N–H and O–H groups in total. The van der Waals surface area contributed by atoms with E-state index in [9.17, 15) is 4.79 Å². The molecule has 0 amide bonds. The van der Waals surface area contributed by atoms with Crippen molar-refractivity contribution in [2.24, 2.45) is 0 Å². The summed E-state index contributed by atoms with van der Waals surface area (Å²) in [6, 6.07) is 49.1. The standard InChI is InChI=1S/C39H23NOS2/c41-39-29-14-8-7-13-28(29)31-22-27(37-20-18-35(43-37)25-11-5-2-6-12-25)23-32-30-21-26(15-16-33(30)40(39)38(31)32)36-19-17-34(42-36)24-9-3-1-4-10-24/h1-23H. The number of hydrogen-bond acceptors (Lipinski definition) is 3. The topological polar surface area (TPSA) is 21.5 Å². The van der Waals surface area contributed by atoms with Crippen molar-refractivity contribution in [2.45, 2.75) is 0 Å². The van der Waals surface area contributed by atoms with Crippen LogP contribution < -0.4 is 5.56 Å². The Hall–Kier alpha value is -5.03. The molecule has 43 heavy (non-hydrogen) atoms. The molecule has 5 aromatic carbocycles. The van der Waals surface area contributed by atoms with Gasteiger partial charge in [0.05, 0.1) is 11.0 Å². The third-order valence-electron chi connectivity index (χ3n) is 8.41. The molecule has 4 heteroatoms. The zero-order valence-corrected chi connectivity index (χ0v) is 24.6. The molecule has 0 aliphatic heterocycles. The van der Waals surface area contributed by atoms with Gasteiger partial charge in [-0.2, -0.15) is 0 Å². The van der Waals surface area contributed by atoms with Gasteiger partial charge in [-0.1, -0.05) is 84.9 Å². The predicted octanol–water partition coefficient (Wildman–Crippen LogP) is 11.0. The average molecular weight is 586 g/mol. The Labute approximate surface area is 255 Å². The molecule has 0 spiro atoms. The van der Waals surface area contributed by atoms with E-state index in [0.717, 1.165) is 43.5 Å². The van der Waals surface area contributed by atoms with Gasteiger partial charge in [0.15, 0.2) is 0 Å². The van der Waals surface area contributed by atoms with E-state index >= 15 is 0 Å². The molecule has 9 aromatic rings. The molecule has 4 heterocycles. The number of fused-ring (bicyclic) bond motifs is 5. The van der Waals surface area contributed by atoms with Gasteiger partial charge in [0, 0.05) is 41.1 Å². The van der Waals surface area contributed by atoms with Crippen molar-refractivity contribution in [1.29, 1.82) is 0 Å². The number of thiophene rings is 2. The van der Waals surface area contributed by atoms with Crippen molar-refractivity contribution in [3.05, 3.63) is 150 Å². The molecule has 9 rings (SSSR count). The number of hydrogen-bond donors (Lipinski definition) is 0. The lowest BCUT2D eigenvalue weighted by Gasteiger charge is -2.08. The number of pyridine rings is 1. The van der Waals surface area contributed by atoms with E-state index in [1.807, 2.05) is 33.9 Å². The third kappa shape index (κ3) is 3.81. The van der Waals surface area contributed by atoms with E-state index in [2.05, 4.69) is 121 Å². The van der Waals surface area contributed by atoms with Gasteiger partial charge < -0.3 is 0 Å². The minimum atomic E-state index is 0.0357. The molecular weight excluding hydrogens is 563 g/mol. The highest BCUT2D eigenvalue weighted by Gasteiger charge is 2.20. The highest BCUT2D eigenvalue weighted by molar-refractivity contribution is 7.19. The van der Waals surface area contributed by atoms with Gasteiger partial charge in [-0.05, 0) is 82.2 Å². The maximum absolute atomic E-state index is 14.0. The molecule has 0 saturated carbocycles. The molecule has 0 aliphatic carbocycles. The largest absolute Gasteiger partial charge is 0.275 e. The normalized spacial score (nSPS) is 11.8. The lowest BCUT2D eigenvalue weighted by molar-refractivity contribution is 1.21. The lowest BCUT2D eigenvalue weighted by Crippen LogP contribution is -2.12. The molecule has 0 saturated heterocycles. The SMILES string of the molecule is O=c1c2ccccc2c2cc(-c3ccc(-c4ccccc4)s3)cc3c4cc(-c5ccc(-c6ccccc6)s5)ccc4n1c23. The lowest BCUT2D eigenvalue weighted by atomic mass is 10.00. The van der Waals surface area contributed by atoms with E-state index in [-0.39, 0.29) is 5.56 Å². The molecule has 0 aliphatic rings. The van der Waals surface area contributed by atoms with Gasteiger partial charge in [0.25, 0.3) is 5.56 Å². The average Bonchev–Trinajstić information content (AvgIpc) is 3.83. The Balaban J connectivity index is 1.31. The molecule has 4 aromatic heterocycles. The van der Waals surface area contributed by atoms with E-state index < -0.39 is 0 Å². The monoisotopic (exact) mass is 585 g/mol. The van der Waals surface area contributed by atoms with Gasteiger partial charge in [-0.15, -0.1) is 22.7 Å². The van der Waals surface area contributed by atoms with E-state index in [4.69, 9.17) is 0 Å². The van der Waals surface area contributed by atoms with Crippen LogP contribution in [0.1, 0.15) is 0 Å². The molecule has 0 bridgehead atoms. The predicted molar refractivity (Wildman–Crippen MR) is 185 cm³/mol. The summed E-state index contributed by atoms with van der Waals surface area (Å²) in [5.74, 6) is 0. The zero-order valence-electron chi connectivity index (χ0n) is 23.0. The molecule has 2 nitrogen and oxygen atoms in total. The first-order valence-corrected chi connectivity index (χ1v) is 15.9. The highest BCUT2D eigenvalue weighted by atomic mass is 32.1. The van der Waals surface area contributed by atoms with Crippen molar-refractivity contribution in [1.82, 2.24) is 4.40 Å². The van der Waals surface area contributed by atoms with Crippen molar-refractivity contribution in [3.63, 3.8) is 0 Å². The van der Waals surface area contributed by atoms with Gasteiger partial charge in [0.1, 0.15) is 0 Å². The van der Waals surface area contributed by atoms with E-state index in [1.54, 1.807) is 11.3 Å². The van der Waals surface area contributed by atoms with Crippen molar-refractivity contribution in [3.8, 4) is 41.8 Å². The summed E-state index contributed by atoms with van der Waals surface area (Å²) in [5, 5.41) is 5.07. The fraction of sp³-hybridized carbons (Fsp3) is 0. The van der Waals surface area contributed by atoms with E-state index in [1.165, 1.54) is 36.2 Å². The van der Waals surface area contributed by atoms with Crippen LogP contribution in [0, 0.1) is 0 Å². The second-order valence-electron chi connectivity index (χ2n) is 10.9. The zero-order chi connectivity index (χ0) is 28.5. The highest BCUT2D eigenvalue weighted by Crippen LogP contribution is 2.43. The Morgan fingerprint density at radius 3 is 1.51 bits per heavy atom. The summed E-state index contributed by atoms with van der Waals surface area (Å²) < 4.78 is 1.93. The summed E-state index contributed by atoms with van der Waals surface area (Å²) >= 11 is 3.61. The first kappa shape index (κ1) is 24.6. The van der Waals surface area contributed by atoms with Crippen LogP contribution in [-0.2, 0) is 0 Å². The van der Waals surface area contributed by atoms with Crippen LogP contribution in [0.4, 0.5) is 0 Å². The Kier molecular flexibility index (Phi) is 5.42. The first-order valence-electron chi connectivity index (χ1n) is 14.3. The number of rotatable bonds is 4. The summed E-state index contributed by atoms with van der Waals surface area (Å²) in [5.41, 5.74) is 6.77. The fourth-order valence-corrected chi connectivity index (χ4v) is 8.39. The van der Waals surface area contributed by atoms with Gasteiger partial charge >= 0.3 is 0 Å². The van der Waals surface area contributed by atoms with Crippen molar-refractivity contribution in [2.75, 3.05) is 0 Å². The van der Waals surface area contributed by atoms with Crippen LogP contribution in [0.25, 0.3) is 79.7 Å². The summed E-state index contributed by atoms with van der Waals surface area (Å²) in [7, 11) is 0. The van der Waals surface area contributed by atoms with Gasteiger partial charge in [0.2, 0.25) is 0 Å². The molecule has 0 atom stereocenters. The third-order valence-corrected chi connectivity index (χ3v) is 10.8. The maximum Gasteiger partial charge on any atom is 0.263 e. The number of benzene rings is 5. The minimum Gasteiger partial charge on any atom is -0.275 e. The van der Waals surface area contributed by atoms with Crippen LogP contribution >= 0.6 is 22.7 Å². The quantitative estimate of drug-likeness (QED) is 0.188. The Bertz CT molecular complexity index is 2520. The number of nitrogens with zero attached hydrogens (tertiary/aromatic N) is 1. The molecule has 202 valence electrons. The Morgan fingerprint density at radius 1 is 0.395 bits per heavy atom. The van der Waals surface area contributed by atoms with Crippen LogP contribution in [0.5, 0.6) is 0 Å². The van der Waals surface area contributed by atoms with Crippen LogP contribution in [-0.4, -0.2) is 4.40 Å². The van der Waals surface area contributed by atoms with Crippen molar-refractivity contribution < 1.29 is 0 Å². The Morgan fingerprint density at radius 2 is 0.884 bits per heavy atom. The van der Waals surface area contributed by atoms with Crippen LogP contribution in [0.2, 0.25) is 0 Å². The summed E-state index contributed by atoms with van der Waals surface area (Å²) in [6.45, 7) is 0. The van der Waals surface area contributed by atoms with Gasteiger partial charge in [-0.25, -0.2) is 0 Å².